The third kappa shape index (κ3) is 2.26. The van der Waals surface area contributed by atoms with Crippen LogP contribution >= 0.6 is 0 Å². The van der Waals surface area contributed by atoms with E-state index in [2.05, 4.69) is 26.1 Å². The van der Waals surface area contributed by atoms with Gasteiger partial charge >= 0.3 is 0 Å². The van der Waals surface area contributed by atoms with Gasteiger partial charge in [0, 0.05) is 12.6 Å². The number of aromatic nitrogens is 5. The quantitative estimate of drug-likeness (QED) is 0.630. The van der Waals surface area contributed by atoms with E-state index in [0.29, 0.717) is 6.42 Å². The lowest BCUT2D eigenvalue weighted by Gasteiger charge is -2.04. The standard InChI is InChI=1S/C17H15N5/c1-12-10-13(22(21-12)17-8-4-5-9-18-17)11-16-19-14-6-2-3-7-15(14)20-16/h2-10H,11H2,1H3,(H,19,20). The number of pyridine rings is 1. The Morgan fingerprint density at radius 1 is 1.09 bits per heavy atom. The molecule has 0 amide bonds. The molecule has 0 unspecified atom stereocenters. The smallest absolute Gasteiger partial charge is 0.153 e. The van der Waals surface area contributed by atoms with Crippen molar-refractivity contribution in [3.63, 3.8) is 0 Å². The Bertz CT molecular complexity index is 888. The van der Waals surface area contributed by atoms with Gasteiger partial charge in [-0.3, -0.25) is 0 Å². The normalized spacial score (nSPS) is 11.1. The van der Waals surface area contributed by atoms with Crippen LogP contribution in [0.4, 0.5) is 0 Å². The lowest BCUT2D eigenvalue weighted by atomic mass is 10.2. The fourth-order valence-electron chi connectivity index (χ4n) is 2.62. The van der Waals surface area contributed by atoms with E-state index in [9.17, 15) is 0 Å². The Morgan fingerprint density at radius 3 is 2.77 bits per heavy atom. The van der Waals surface area contributed by atoms with Crippen molar-refractivity contribution in [2.45, 2.75) is 13.3 Å². The van der Waals surface area contributed by atoms with Crippen molar-refractivity contribution in [3.05, 3.63) is 71.9 Å². The summed E-state index contributed by atoms with van der Waals surface area (Å²) in [5, 5.41) is 4.54. The number of aryl methyl sites for hydroxylation is 1. The molecular formula is C17H15N5. The largest absolute Gasteiger partial charge is 0.342 e. The first kappa shape index (κ1) is 12.8. The molecule has 5 nitrogen and oxygen atoms in total. The van der Waals surface area contributed by atoms with Gasteiger partial charge in [0.15, 0.2) is 5.82 Å². The molecule has 0 saturated carbocycles. The molecule has 4 aromatic rings. The number of aromatic amines is 1. The van der Waals surface area contributed by atoms with Crippen LogP contribution in [0.2, 0.25) is 0 Å². The minimum Gasteiger partial charge on any atom is -0.342 e. The average Bonchev–Trinajstić information content (AvgIpc) is 3.11. The maximum Gasteiger partial charge on any atom is 0.153 e. The second-order valence-electron chi connectivity index (χ2n) is 5.25. The van der Waals surface area contributed by atoms with Crippen LogP contribution in [0.15, 0.2) is 54.7 Å². The summed E-state index contributed by atoms with van der Waals surface area (Å²) in [5.74, 6) is 1.75. The van der Waals surface area contributed by atoms with E-state index in [1.807, 2.05) is 54.1 Å². The summed E-state index contributed by atoms with van der Waals surface area (Å²) in [4.78, 5) is 12.4. The molecule has 1 aromatic carbocycles. The number of fused-ring (bicyclic) bond motifs is 1. The molecule has 0 spiro atoms. The third-order valence-electron chi connectivity index (χ3n) is 3.56. The minimum absolute atomic E-state index is 0.687. The van der Waals surface area contributed by atoms with Crippen molar-refractivity contribution >= 4 is 11.0 Å². The predicted molar refractivity (Wildman–Crippen MR) is 85.0 cm³/mol. The Hall–Kier alpha value is -2.95. The second kappa shape index (κ2) is 5.11. The van der Waals surface area contributed by atoms with Crippen LogP contribution < -0.4 is 0 Å². The van der Waals surface area contributed by atoms with Crippen LogP contribution in [-0.2, 0) is 6.42 Å². The molecule has 5 heteroatoms. The summed E-state index contributed by atoms with van der Waals surface area (Å²) < 4.78 is 1.88. The van der Waals surface area contributed by atoms with Crippen LogP contribution in [-0.4, -0.2) is 24.7 Å². The monoisotopic (exact) mass is 289 g/mol. The van der Waals surface area contributed by atoms with Gasteiger partial charge in [0.05, 0.1) is 22.4 Å². The van der Waals surface area contributed by atoms with Crippen LogP contribution in [0, 0.1) is 6.92 Å². The first-order chi connectivity index (χ1) is 10.8. The fourth-order valence-corrected chi connectivity index (χ4v) is 2.62. The second-order valence-corrected chi connectivity index (χ2v) is 5.25. The average molecular weight is 289 g/mol. The molecule has 3 heterocycles. The van der Waals surface area contributed by atoms with Gasteiger partial charge in [0.25, 0.3) is 0 Å². The number of hydrogen-bond acceptors (Lipinski definition) is 3. The molecule has 0 aliphatic carbocycles. The Labute approximate surface area is 127 Å². The maximum atomic E-state index is 4.63. The number of nitrogens with one attached hydrogen (secondary N) is 1. The fraction of sp³-hybridized carbons (Fsp3) is 0.118. The number of H-pyrrole nitrogens is 1. The number of rotatable bonds is 3. The SMILES string of the molecule is Cc1cc(Cc2nc3ccccc3[nH]2)n(-c2ccccn2)n1. The van der Waals surface area contributed by atoms with Gasteiger partial charge < -0.3 is 4.98 Å². The van der Waals surface area contributed by atoms with Gasteiger partial charge in [-0.05, 0) is 37.3 Å². The Balaban J connectivity index is 1.74. The highest BCUT2D eigenvalue weighted by Crippen LogP contribution is 2.16. The molecule has 0 bridgehead atoms. The van der Waals surface area contributed by atoms with Gasteiger partial charge in [-0.1, -0.05) is 18.2 Å². The van der Waals surface area contributed by atoms with Crippen LogP contribution in [0.1, 0.15) is 17.2 Å². The molecular weight excluding hydrogens is 274 g/mol. The van der Waals surface area contributed by atoms with Crippen LogP contribution in [0.25, 0.3) is 16.9 Å². The highest BCUT2D eigenvalue weighted by Gasteiger charge is 2.11. The Morgan fingerprint density at radius 2 is 1.95 bits per heavy atom. The number of nitrogens with zero attached hydrogens (tertiary/aromatic N) is 4. The molecule has 1 N–H and O–H groups in total. The van der Waals surface area contributed by atoms with Crippen molar-refractivity contribution in [1.29, 1.82) is 0 Å². The van der Waals surface area contributed by atoms with Crippen molar-refractivity contribution in [2.75, 3.05) is 0 Å². The topological polar surface area (TPSA) is 59.4 Å². The van der Waals surface area contributed by atoms with E-state index >= 15 is 0 Å². The van der Waals surface area contributed by atoms with E-state index in [4.69, 9.17) is 0 Å². The summed E-state index contributed by atoms with van der Waals surface area (Å²) in [6.45, 7) is 1.99. The lowest BCUT2D eigenvalue weighted by Crippen LogP contribution is -2.05. The maximum absolute atomic E-state index is 4.63. The third-order valence-corrected chi connectivity index (χ3v) is 3.56. The Kier molecular flexibility index (Phi) is 2.96. The zero-order valence-electron chi connectivity index (χ0n) is 12.2. The summed E-state index contributed by atoms with van der Waals surface area (Å²) in [6, 6.07) is 15.9. The number of benzene rings is 1. The highest BCUT2D eigenvalue weighted by molar-refractivity contribution is 5.74. The minimum atomic E-state index is 0.687. The first-order valence-electron chi connectivity index (χ1n) is 7.20. The van der Waals surface area contributed by atoms with E-state index in [0.717, 1.165) is 34.1 Å². The number of para-hydroxylation sites is 2. The highest BCUT2D eigenvalue weighted by atomic mass is 15.3. The van der Waals surface area contributed by atoms with Crippen molar-refractivity contribution < 1.29 is 0 Å². The zero-order chi connectivity index (χ0) is 14.9. The number of imidazole rings is 1. The van der Waals surface area contributed by atoms with Crippen molar-refractivity contribution in [3.8, 4) is 5.82 Å². The van der Waals surface area contributed by atoms with Gasteiger partial charge in [-0.25, -0.2) is 14.6 Å². The lowest BCUT2D eigenvalue weighted by molar-refractivity contribution is 0.780. The molecule has 4 rings (SSSR count). The predicted octanol–water partition coefficient (Wildman–Crippen LogP) is 3.04. The first-order valence-corrected chi connectivity index (χ1v) is 7.20. The molecule has 0 atom stereocenters. The van der Waals surface area contributed by atoms with Gasteiger partial charge in [-0.2, -0.15) is 5.10 Å². The van der Waals surface area contributed by atoms with E-state index in [-0.39, 0.29) is 0 Å². The molecule has 108 valence electrons. The zero-order valence-corrected chi connectivity index (χ0v) is 12.2. The van der Waals surface area contributed by atoms with Gasteiger partial charge in [0.1, 0.15) is 5.82 Å². The molecule has 3 aromatic heterocycles. The van der Waals surface area contributed by atoms with E-state index in [1.165, 1.54) is 0 Å². The van der Waals surface area contributed by atoms with Crippen LogP contribution in [0.3, 0.4) is 0 Å². The molecule has 0 aliphatic rings. The van der Waals surface area contributed by atoms with Crippen molar-refractivity contribution in [2.24, 2.45) is 0 Å². The summed E-state index contributed by atoms with van der Waals surface area (Å²) in [7, 11) is 0. The van der Waals surface area contributed by atoms with Crippen molar-refractivity contribution in [1.82, 2.24) is 24.7 Å². The van der Waals surface area contributed by atoms with E-state index in [1.54, 1.807) is 6.20 Å². The summed E-state index contributed by atoms with van der Waals surface area (Å²) in [5.41, 5.74) is 4.07. The molecule has 22 heavy (non-hydrogen) atoms. The summed E-state index contributed by atoms with van der Waals surface area (Å²) >= 11 is 0. The van der Waals surface area contributed by atoms with Gasteiger partial charge in [0.2, 0.25) is 0 Å². The number of hydrogen-bond donors (Lipinski definition) is 1. The van der Waals surface area contributed by atoms with Crippen LogP contribution in [0.5, 0.6) is 0 Å². The van der Waals surface area contributed by atoms with Gasteiger partial charge in [-0.15, -0.1) is 0 Å². The summed E-state index contributed by atoms with van der Waals surface area (Å²) in [6.07, 6.45) is 2.46. The van der Waals surface area contributed by atoms with E-state index < -0.39 is 0 Å². The molecule has 0 fully saturated rings. The molecule has 0 aliphatic heterocycles. The molecule has 0 radical (unpaired) electrons. The molecule has 0 saturated heterocycles.